The number of nitrogens with one attached hydrogen (secondary N) is 3. The van der Waals surface area contributed by atoms with Gasteiger partial charge in [0, 0.05) is 63.3 Å². The monoisotopic (exact) mass is 504 g/mol. The van der Waals surface area contributed by atoms with Crippen LogP contribution in [0.25, 0.3) is 0 Å². The topological polar surface area (TPSA) is 78.5 Å². The number of rotatable bonds is 5. The van der Waals surface area contributed by atoms with Crippen LogP contribution in [0.3, 0.4) is 0 Å². The molecule has 2 unspecified atom stereocenters. The minimum Gasteiger partial charge on any atom is -0.369 e. The van der Waals surface area contributed by atoms with Gasteiger partial charge in [-0.25, -0.2) is 4.99 Å². The number of hydrogen-bond acceptors (Lipinski definition) is 8. The van der Waals surface area contributed by atoms with E-state index in [1.807, 2.05) is 11.1 Å². The van der Waals surface area contributed by atoms with Gasteiger partial charge in [0.05, 0.1) is 6.04 Å². The van der Waals surface area contributed by atoms with E-state index in [9.17, 15) is 4.79 Å². The molecule has 3 N–H and O–H groups in total. The Hall–Kier alpha value is -3.46. The van der Waals surface area contributed by atoms with E-state index in [1.54, 1.807) is 0 Å². The van der Waals surface area contributed by atoms with Crippen LogP contribution in [0, 0.1) is 5.92 Å². The van der Waals surface area contributed by atoms with Gasteiger partial charge in [0.2, 0.25) is 11.9 Å². The molecular formula is C28H40N8O. The van der Waals surface area contributed by atoms with Crippen molar-refractivity contribution in [3.63, 3.8) is 0 Å². The second-order valence-electron chi connectivity index (χ2n) is 10.8. The summed E-state index contributed by atoms with van der Waals surface area (Å²) in [6.45, 7) is 13.7. The van der Waals surface area contributed by atoms with Gasteiger partial charge in [-0.05, 0) is 68.9 Å². The first-order valence-corrected chi connectivity index (χ1v) is 13.3. The summed E-state index contributed by atoms with van der Waals surface area (Å²) in [5.74, 6) is 2.13. The molecule has 4 aliphatic heterocycles. The van der Waals surface area contributed by atoms with Crippen LogP contribution in [-0.2, 0) is 4.79 Å². The van der Waals surface area contributed by atoms with E-state index in [1.165, 1.54) is 11.8 Å². The van der Waals surface area contributed by atoms with Gasteiger partial charge in [-0.1, -0.05) is 13.5 Å². The average molecular weight is 505 g/mol. The maximum Gasteiger partial charge on any atom is 0.246 e. The lowest BCUT2D eigenvalue weighted by Crippen LogP contribution is -2.56. The number of likely N-dealkylation sites (N-methyl/N-ethyl adjacent to an activating group) is 2. The molecule has 0 aromatic heterocycles. The van der Waals surface area contributed by atoms with E-state index in [4.69, 9.17) is 4.99 Å². The largest absolute Gasteiger partial charge is 0.369 e. The molecule has 5 rings (SSSR count). The minimum absolute atomic E-state index is 0.00392. The molecule has 1 aromatic carbocycles. The highest BCUT2D eigenvalue weighted by molar-refractivity contribution is 5.96. The number of fused-ring (bicyclic) bond motifs is 1. The lowest BCUT2D eigenvalue weighted by atomic mass is 9.91. The molecule has 2 saturated heterocycles. The molecule has 3 atom stereocenters. The van der Waals surface area contributed by atoms with Crippen LogP contribution in [0.2, 0.25) is 0 Å². The Bertz CT molecular complexity index is 1120. The molecule has 0 saturated carbocycles. The van der Waals surface area contributed by atoms with Crippen molar-refractivity contribution in [1.29, 1.82) is 0 Å². The van der Waals surface area contributed by atoms with Crippen molar-refractivity contribution in [3.8, 4) is 0 Å². The zero-order chi connectivity index (χ0) is 26.2. The number of carbonyl (C=O) groups is 1. The number of hydrogen-bond donors (Lipinski definition) is 3. The number of piperidine rings is 1. The van der Waals surface area contributed by atoms with Crippen molar-refractivity contribution in [2.75, 3.05) is 63.6 Å². The van der Waals surface area contributed by atoms with E-state index in [0.29, 0.717) is 18.4 Å². The first-order valence-electron chi connectivity index (χ1n) is 13.3. The molecule has 4 heterocycles. The van der Waals surface area contributed by atoms with Gasteiger partial charge in [-0.3, -0.25) is 4.79 Å². The summed E-state index contributed by atoms with van der Waals surface area (Å²) in [7, 11) is 4.29. The van der Waals surface area contributed by atoms with Gasteiger partial charge in [-0.2, -0.15) is 0 Å². The summed E-state index contributed by atoms with van der Waals surface area (Å²) in [4.78, 5) is 26.3. The zero-order valence-electron chi connectivity index (χ0n) is 22.5. The standard InChI is InChI=1S/C28H40N8O/c1-6-25(37)36-14-12-20(2)24(19-36)34(5)26-23-11-13-29-28(23,3)32-27(31-26)30-21-7-9-22(10-8-21)35-17-15-33(4)16-18-35/h6-11,13,20,24,29H,1,12,14-19H2,2-5H3,(H2,30,31,32)/t20-,24?,28?/m1/s1. The van der Waals surface area contributed by atoms with Gasteiger partial charge in [0.25, 0.3) is 0 Å². The Morgan fingerprint density at radius 2 is 1.95 bits per heavy atom. The number of guanidine groups is 1. The van der Waals surface area contributed by atoms with Gasteiger partial charge >= 0.3 is 0 Å². The second-order valence-corrected chi connectivity index (χ2v) is 10.8. The molecule has 0 radical (unpaired) electrons. The summed E-state index contributed by atoms with van der Waals surface area (Å²) in [5.41, 5.74) is 2.76. The van der Waals surface area contributed by atoms with Crippen molar-refractivity contribution < 1.29 is 4.79 Å². The van der Waals surface area contributed by atoms with Crippen LogP contribution in [-0.4, -0.2) is 91.6 Å². The fraction of sp³-hybridized carbons (Fsp3) is 0.500. The van der Waals surface area contributed by atoms with E-state index < -0.39 is 5.66 Å². The summed E-state index contributed by atoms with van der Waals surface area (Å²) >= 11 is 0. The third-order valence-corrected chi connectivity index (χ3v) is 8.22. The quantitative estimate of drug-likeness (QED) is 0.531. The summed E-state index contributed by atoms with van der Waals surface area (Å²) in [5, 5.41) is 10.5. The normalized spacial score (nSPS) is 27.7. The molecule has 1 amide bonds. The average Bonchev–Trinajstić information content (AvgIpc) is 3.30. The highest BCUT2D eigenvalue weighted by Crippen LogP contribution is 2.33. The van der Waals surface area contributed by atoms with Crippen LogP contribution in [0.1, 0.15) is 20.3 Å². The number of piperazine rings is 1. The first kappa shape index (κ1) is 25.2. The molecule has 0 spiro atoms. The lowest BCUT2D eigenvalue weighted by molar-refractivity contribution is -0.128. The molecule has 4 aliphatic rings. The molecular weight excluding hydrogens is 464 g/mol. The summed E-state index contributed by atoms with van der Waals surface area (Å²) < 4.78 is 0. The highest BCUT2D eigenvalue weighted by Gasteiger charge is 2.40. The molecule has 37 heavy (non-hydrogen) atoms. The van der Waals surface area contributed by atoms with E-state index in [-0.39, 0.29) is 11.9 Å². The Morgan fingerprint density at radius 1 is 1.22 bits per heavy atom. The van der Waals surface area contributed by atoms with Gasteiger partial charge in [0.1, 0.15) is 5.82 Å². The first-order chi connectivity index (χ1) is 17.8. The van der Waals surface area contributed by atoms with Crippen LogP contribution in [0.5, 0.6) is 0 Å². The number of benzene rings is 1. The molecule has 9 heteroatoms. The Labute approximate surface area is 220 Å². The van der Waals surface area contributed by atoms with Crippen molar-refractivity contribution >= 4 is 23.2 Å². The molecule has 198 valence electrons. The van der Waals surface area contributed by atoms with Crippen molar-refractivity contribution in [1.82, 2.24) is 25.3 Å². The molecule has 1 aromatic rings. The molecule has 0 aliphatic carbocycles. The number of anilines is 2. The van der Waals surface area contributed by atoms with Crippen LogP contribution >= 0.6 is 0 Å². The molecule has 0 bridgehead atoms. The Kier molecular flexibility index (Phi) is 6.90. The van der Waals surface area contributed by atoms with Crippen molar-refractivity contribution in [2.24, 2.45) is 10.9 Å². The Balaban J connectivity index is 1.32. The smallest absolute Gasteiger partial charge is 0.246 e. The predicted molar refractivity (Wildman–Crippen MR) is 150 cm³/mol. The molecule has 9 nitrogen and oxygen atoms in total. The number of likely N-dealkylation sites (tertiary alicyclic amines) is 1. The van der Waals surface area contributed by atoms with Gasteiger partial charge < -0.3 is 35.6 Å². The minimum atomic E-state index is -0.564. The number of amides is 1. The van der Waals surface area contributed by atoms with Crippen LogP contribution in [0.15, 0.2) is 65.6 Å². The number of nitrogens with zero attached hydrogens (tertiary/aromatic N) is 5. The van der Waals surface area contributed by atoms with Crippen LogP contribution < -0.4 is 20.9 Å². The number of aliphatic imine (C=N–C) groups is 1. The van der Waals surface area contributed by atoms with E-state index in [0.717, 1.165) is 56.2 Å². The summed E-state index contributed by atoms with van der Waals surface area (Å²) in [6, 6.07) is 8.76. The maximum absolute atomic E-state index is 12.4. The Morgan fingerprint density at radius 3 is 2.65 bits per heavy atom. The third-order valence-electron chi connectivity index (χ3n) is 8.22. The van der Waals surface area contributed by atoms with Gasteiger partial charge in [-0.15, -0.1) is 0 Å². The van der Waals surface area contributed by atoms with E-state index >= 15 is 0 Å². The predicted octanol–water partition coefficient (Wildman–Crippen LogP) is 2.21. The molecule has 2 fully saturated rings. The van der Waals surface area contributed by atoms with Gasteiger partial charge in [0.15, 0.2) is 5.66 Å². The van der Waals surface area contributed by atoms with E-state index in [2.05, 4.69) is 95.5 Å². The maximum atomic E-state index is 12.4. The SMILES string of the molecule is C=CC(=O)N1CC[C@@H](C)C(N(C)C2=C3C=CNC3(C)N=C(Nc3ccc(N4CCN(C)CC4)cc3)N2)C1. The lowest BCUT2D eigenvalue weighted by Gasteiger charge is -2.45. The zero-order valence-corrected chi connectivity index (χ0v) is 22.5. The fourth-order valence-corrected chi connectivity index (χ4v) is 5.70. The van der Waals surface area contributed by atoms with Crippen LogP contribution in [0.4, 0.5) is 11.4 Å². The highest BCUT2D eigenvalue weighted by atomic mass is 16.2. The van der Waals surface area contributed by atoms with Crippen molar-refractivity contribution in [2.45, 2.75) is 32.0 Å². The second kappa shape index (κ2) is 10.1. The fourth-order valence-electron chi connectivity index (χ4n) is 5.70. The number of carbonyl (C=O) groups excluding carboxylic acids is 1. The van der Waals surface area contributed by atoms with Crippen molar-refractivity contribution in [3.05, 3.63) is 60.6 Å². The summed E-state index contributed by atoms with van der Waals surface area (Å²) in [6.07, 6.45) is 6.42. The third kappa shape index (κ3) is 5.05.